The maximum Gasteiger partial charge on any atom is 0.328 e. The Labute approximate surface area is 119 Å². The van der Waals surface area contributed by atoms with Crippen LogP contribution in [0.5, 0.6) is 0 Å². The van der Waals surface area contributed by atoms with E-state index < -0.39 is 16.1 Å². The summed E-state index contributed by atoms with van der Waals surface area (Å²) in [6, 6.07) is 5.70. The van der Waals surface area contributed by atoms with E-state index >= 15 is 0 Å². The molecule has 0 aliphatic rings. The number of carbonyl (C=O) groups is 1. The van der Waals surface area contributed by atoms with Crippen LogP contribution < -0.4 is 10.0 Å². The van der Waals surface area contributed by atoms with Gasteiger partial charge in [0.15, 0.2) is 0 Å². The normalized spacial score (nSPS) is 12.8. The van der Waals surface area contributed by atoms with E-state index in [-0.39, 0.29) is 10.9 Å². The molecule has 0 saturated heterocycles. The zero-order valence-electron chi connectivity index (χ0n) is 11.8. The van der Waals surface area contributed by atoms with Gasteiger partial charge in [-0.05, 0) is 38.1 Å². The van der Waals surface area contributed by atoms with Crippen molar-refractivity contribution in [1.29, 1.82) is 0 Å². The summed E-state index contributed by atoms with van der Waals surface area (Å²) in [6.45, 7) is 5.80. The first kappa shape index (κ1) is 16.5. The Bertz CT molecular complexity index is 540. The SMILES string of the molecule is CCNS(=O)(=O)c1ccc(NC(C)C(=O)OCC)cc1. The Morgan fingerprint density at radius 3 is 2.35 bits per heavy atom. The Morgan fingerprint density at radius 2 is 1.85 bits per heavy atom. The van der Waals surface area contributed by atoms with Crippen molar-refractivity contribution >= 4 is 21.7 Å². The smallest absolute Gasteiger partial charge is 0.328 e. The van der Waals surface area contributed by atoms with Crippen molar-refractivity contribution in [3.05, 3.63) is 24.3 Å². The number of rotatable bonds is 7. The van der Waals surface area contributed by atoms with Crippen LogP contribution in [0.3, 0.4) is 0 Å². The molecule has 6 nitrogen and oxygen atoms in total. The topological polar surface area (TPSA) is 84.5 Å². The van der Waals surface area contributed by atoms with Gasteiger partial charge in [-0.1, -0.05) is 6.92 Å². The first-order valence-corrected chi connectivity index (χ1v) is 7.92. The number of ether oxygens (including phenoxy) is 1. The zero-order chi connectivity index (χ0) is 15.2. The number of nitrogens with one attached hydrogen (secondary N) is 2. The lowest BCUT2D eigenvalue weighted by Gasteiger charge is -2.14. The molecule has 7 heteroatoms. The van der Waals surface area contributed by atoms with E-state index in [0.717, 1.165) is 0 Å². The van der Waals surface area contributed by atoms with Crippen molar-refractivity contribution in [2.45, 2.75) is 31.7 Å². The second-order valence-corrected chi connectivity index (χ2v) is 5.91. The third-order valence-electron chi connectivity index (χ3n) is 2.52. The zero-order valence-corrected chi connectivity index (χ0v) is 12.7. The van der Waals surface area contributed by atoms with Gasteiger partial charge in [-0.3, -0.25) is 0 Å². The Kier molecular flexibility index (Phi) is 5.97. The van der Waals surface area contributed by atoms with Crippen molar-refractivity contribution in [3.8, 4) is 0 Å². The molecule has 1 aromatic rings. The number of hydrogen-bond acceptors (Lipinski definition) is 5. The molecule has 0 spiro atoms. The lowest BCUT2D eigenvalue weighted by Crippen LogP contribution is -2.28. The Morgan fingerprint density at radius 1 is 1.25 bits per heavy atom. The Hall–Kier alpha value is -1.60. The first-order valence-electron chi connectivity index (χ1n) is 6.43. The van der Waals surface area contributed by atoms with Crippen molar-refractivity contribution < 1.29 is 17.9 Å². The fourth-order valence-corrected chi connectivity index (χ4v) is 2.62. The summed E-state index contributed by atoms with van der Waals surface area (Å²) < 4.78 is 30.8. The lowest BCUT2D eigenvalue weighted by atomic mass is 10.2. The number of sulfonamides is 1. The monoisotopic (exact) mass is 300 g/mol. The molecule has 1 unspecified atom stereocenters. The van der Waals surface area contributed by atoms with E-state index in [4.69, 9.17) is 4.74 Å². The molecule has 1 aromatic carbocycles. The first-order chi connectivity index (χ1) is 9.40. The van der Waals surface area contributed by atoms with Gasteiger partial charge in [0.05, 0.1) is 11.5 Å². The molecule has 0 fully saturated rings. The molecule has 0 aliphatic heterocycles. The molecule has 112 valence electrons. The summed E-state index contributed by atoms with van der Waals surface area (Å²) in [7, 11) is -3.45. The van der Waals surface area contributed by atoms with E-state index in [9.17, 15) is 13.2 Å². The quantitative estimate of drug-likeness (QED) is 0.743. The average molecular weight is 300 g/mol. The number of benzene rings is 1. The molecule has 0 aliphatic carbocycles. The van der Waals surface area contributed by atoms with Crippen LogP contribution in [-0.2, 0) is 19.6 Å². The molecular formula is C13H20N2O4S. The van der Waals surface area contributed by atoms with E-state index in [1.54, 1.807) is 32.9 Å². The average Bonchev–Trinajstić information content (AvgIpc) is 2.39. The molecule has 0 bridgehead atoms. The van der Waals surface area contributed by atoms with Gasteiger partial charge in [0.1, 0.15) is 6.04 Å². The maximum atomic E-state index is 11.8. The van der Waals surface area contributed by atoms with Crippen LogP contribution in [0.4, 0.5) is 5.69 Å². The predicted molar refractivity (Wildman–Crippen MR) is 77.0 cm³/mol. The highest BCUT2D eigenvalue weighted by molar-refractivity contribution is 7.89. The van der Waals surface area contributed by atoms with Crippen molar-refractivity contribution in [1.82, 2.24) is 4.72 Å². The highest BCUT2D eigenvalue weighted by Crippen LogP contribution is 2.14. The van der Waals surface area contributed by atoms with Crippen LogP contribution in [-0.4, -0.2) is 33.6 Å². The lowest BCUT2D eigenvalue weighted by molar-refractivity contribution is -0.143. The number of hydrogen-bond donors (Lipinski definition) is 2. The molecule has 0 heterocycles. The van der Waals surface area contributed by atoms with Gasteiger partial charge < -0.3 is 10.1 Å². The fraction of sp³-hybridized carbons (Fsp3) is 0.462. The van der Waals surface area contributed by atoms with Crippen LogP contribution in [0.1, 0.15) is 20.8 Å². The molecule has 0 amide bonds. The van der Waals surface area contributed by atoms with E-state index in [1.807, 2.05) is 0 Å². The van der Waals surface area contributed by atoms with Crippen LogP contribution >= 0.6 is 0 Å². The summed E-state index contributed by atoms with van der Waals surface area (Å²) in [5.74, 6) is -0.350. The third-order valence-corrected chi connectivity index (χ3v) is 4.08. The molecule has 1 rings (SSSR count). The van der Waals surface area contributed by atoms with E-state index in [0.29, 0.717) is 18.8 Å². The molecule has 1 atom stereocenters. The molecule has 0 radical (unpaired) electrons. The van der Waals surface area contributed by atoms with Crippen LogP contribution in [0.25, 0.3) is 0 Å². The van der Waals surface area contributed by atoms with Crippen molar-refractivity contribution in [2.75, 3.05) is 18.5 Å². The highest BCUT2D eigenvalue weighted by Gasteiger charge is 2.15. The molecule has 2 N–H and O–H groups in total. The minimum Gasteiger partial charge on any atom is -0.464 e. The van der Waals surface area contributed by atoms with Crippen molar-refractivity contribution in [2.24, 2.45) is 0 Å². The second kappa shape index (κ2) is 7.25. The minimum atomic E-state index is -3.45. The van der Waals surface area contributed by atoms with Gasteiger partial charge in [0, 0.05) is 12.2 Å². The van der Waals surface area contributed by atoms with Crippen LogP contribution in [0.15, 0.2) is 29.2 Å². The van der Waals surface area contributed by atoms with E-state index in [2.05, 4.69) is 10.0 Å². The fourth-order valence-electron chi connectivity index (χ4n) is 1.58. The minimum absolute atomic E-state index is 0.189. The van der Waals surface area contributed by atoms with Gasteiger partial charge in [-0.2, -0.15) is 0 Å². The number of anilines is 1. The van der Waals surface area contributed by atoms with Gasteiger partial charge in [-0.15, -0.1) is 0 Å². The molecule has 0 saturated carbocycles. The molecule has 20 heavy (non-hydrogen) atoms. The summed E-state index contributed by atoms with van der Waals surface area (Å²) in [5.41, 5.74) is 0.654. The van der Waals surface area contributed by atoms with E-state index in [1.165, 1.54) is 12.1 Å². The summed E-state index contributed by atoms with van der Waals surface area (Å²) in [4.78, 5) is 11.7. The number of carbonyl (C=O) groups excluding carboxylic acids is 1. The van der Waals surface area contributed by atoms with Gasteiger partial charge in [0.2, 0.25) is 10.0 Å². The second-order valence-electron chi connectivity index (χ2n) is 4.14. The standard InChI is InChI=1S/C13H20N2O4S/c1-4-14-20(17,18)12-8-6-11(7-9-12)15-10(3)13(16)19-5-2/h6-10,14-15H,4-5H2,1-3H3. The van der Waals surface area contributed by atoms with Gasteiger partial charge in [0.25, 0.3) is 0 Å². The number of esters is 1. The van der Waals surface area contributed by atoms with Gasteiger partial charge >= 0.3 is 5.97 Å². The van der Waals surface area contributed by atoms with Crippen LogP contribution in [0.2, 0.25) is 0 Å². The van der Waals surface area contributed by atoms with Gasteiger partial charge in [-0.25, -0.2) is 17.9 Å². The highest BCUT2D eigenvalue weighted by atomic mass is 32.2. The maximum absolute atomic E-state index is 11.8. The summed E-state index contributed by atoms with van der Waals surface area (Å²) in [6.07, 6.45) is 0. The summed E-state index contributed by atoms with van der Waals surface area (Å²) >= 11 is 0. The Balaban J connectivity index is 2.75. The summed E-state index contributed by atoms with van der Waals surface area (Å²) in [5, 5.41) is 2.95. The third kappa shape index (κ3) is 4.50. The van der Waals surface area contributed by atoms with Crippen molar-refractivity contribution in [3.63, 3.8) is 0 Å². The van der Waals surface area contributed by atoms with Crippen LogP contribution in [0, 0.1) is 0 Å². The molecule has 0 aromatic heterocycles. The predicted octanol–water partition coefficient (Wildman–Crippen LogP) is 1.35. The largest absolute Gasteiger partial charge is 0.464 e. The molecular weight excluding hydrogens is 280 g/mol.